The molecule has 5 heteroatoms. The van der Waals surface area contributed by atoms with Crippen LogP contribution in [-0.4, -0.2) is 48.3 Å². The number of hydrogen-bond donors (Lipinski definition) is 0. The fourth-order valence-electron chi connectivity index (χ4n) is 6.63. The Kier molecular flexibility index (Phi) is 10.1. The van der Waals surface area contributed by atoms with E-state index in [9.17, 15) is 4.79 Å². The van der Waals surface area contributed by atoms with Crippen LogP contribution in [0.15, 0.2) is 158 Å². The summed E-state index contributed by atoms with van der Waals surface area (Å²) in [5.74, 6) is 0.00988. The molecule has 0 amide bonds. The Balaban J connectivity index is 0.000000194. The Bertz CT molecular complexity index is 1860. The lowest BCUT2D eigenvalue weighted by molar-refractivity contribution is 0.0251. The summed E-state index contributed by atoms with van der Waals surface area (Å²) in [6.45, 7) is 0. The van der Waals surface area contributed by atoms with E-state index in [1.807, 2.05) is 65.4 Å². The molecule has 1 aliphatic heterocycles. The molecule has 0 bridgehead atoms. The van der Waals surface area contributed by atoms with E-state index in [0.717, 1.165) is 33.8 Å². The number of esters is 1. The summed E-state index contributed by atoms with van der Waals surface area (Å²) in [7, 11) is 12.0. The van der Waals surface area contributed by atoms with Gasteiger partial charge in [0.1, 0.15) is 0 Å². The predicted molar refractivity (Wildman–Crippen MR) is 208 cm³/mol. The van der Waals surface area contributed by atoms with Gasteiger partial charge in [-0.2, -0.15) is 0 Å². The van der Waals surface area contributed by atoms with Gasteiger partial charge in [0.2, 0.25) is 0 Å². The highest BCUT2D eigenvalue weighted by atomic mass is 16.6. The van der Waals surface area contributed by atoms with Crippen LogP contribution in [0.3, 0.4) is 0 Å². The molecule has 5 nitrogen and oxygen atoms in total. The first kappa shape index (κ1) is 34.1. The average molecular weight is 660 g/mol. The second kappa shape index (κ2) is 14.8. The molecule has 0 unspecified atom stereocenters. The number of cyclic esters (lactones) is 1. The minimum Gasteiger partial charge on any atom is -0.441 e. The van der Waals surface area contributed by atoms with Crippen molar-refractivity contribution in [1.29, 1.82) is 0 Å². The van der Waals surface area contributed by atoms with Gasteiger partial charge < -0.3 is 19.4 Å². The minimum absolute atomic E-state index is 0.299. The number of ether oxygens (including phenoxy) is 1. The number of carbonyl (C=O) groups is 1. The summed E-state index contributed by atoms with van der Waals surface area (Å²) in [4.78, 5) is 19.2. The largest absolute Gasteiger partial charge is 0.441 e. The van der Waals surface area contributed by atoms with Crippen LogP contribution in [0.4, 0.5) is 17.1 Å². The fraction of sp³-hybridized carbons (Fsp3) is 0.178. The molecule has 0 saturated heterocycles. The van der Waals surface area contributed by atoms with E-state index in [-0.39, 0.29) is 5.97 Å². The third-order valence-corrected chi connectivity index (χ3v) is 9.34. The molecule has 50 heavy (non-hydrogen) atoms. The molecule has 0 N–H and O–H groups in total. The normalized spacial score (nSPS) is 12.7. The number of anilines is 3. The molecular weight excluding hydrogens is 615 g/mol. The van der Waals surface area contributed by atoms with Crippen molar-refractivity contribution in [3.63, 3.8) is 0 Å². The van der Waals surface area contributed by atoms with Crippen molar-refractivity contribution in [2.24, 2.45) is 0 Å². The smallest absolute Gasteiger partial charge is 0.340 e. The van der Waals surface area contributed by atoms with Gasteiger partial charge in [0, 0.05) is 82.0 Å². The number of hydrogen-bond acceptors (Lipinski definition) is 5. The lowest BCUT2D eigenvalue weighted by Crippen LogP contribution is -2.29. The molecule has 0 spiro atoms. The van der Waals surface area contributed by atoms with Gasteiger partial charge in [-0.25, -0.2) is 4.79 Å². The lowest BCUT2D eigenvalue weighted by Gasteiger charge is -2.31. The molecule has 0 radical (unpaired) electrons. The molecule has 0 aliphatic carbocycles. The van der Waals surface area contributed by atoms with Crippen LogP contribution in [0, 0.1) is 0 Å². The quantitative estimate of drug-likeness (QED) is 0.120. The zero-order valence-corrected chi connectivity index (χ0v) is 29.7. The first-order valence-corrected chi connectivity index (χ1v) is 16.9. The molecule has 7 rings (SSSR count). The van der Waals surface area contributed by atoms with Crippen LogP contribution in [0.5, 0.6) is 0 Å². The Hall–Kier alpha value is -5.81. The Morgan fingerprint density at radius 3 is 1.18 bits per heavy atom. The minimum atomic E-state index is -0.979. The lowest BCUT2D eigenvalue weighted by atomic mass is 9.79. The molecule has 6 aromatic carbocycles. The molecule has 6 aromatic rings. The Morgan fingerprint density at radius 2 is 0.820 bits per heavy atom. The van der Waals surface area contributed by atoms with Gasteiger partial charge in [-0.15, -0.1) is 0 Å². The molecule has 252 valence electrons. The molecule has 1 heterocycles. The van der Waals surface area contributed by atoms with E-state index in [1.54, 1.807) is 0 Å². The van der Waals surface area contributed by atoms with Gasteiger partial charge in [-0.3, -0.25) is 0 Å². The van der Waals surface area contributed by atoms with Crippen molar-refractivity contribution < 1.29 is 9.53 Å². The first-order chi connectivity index (χ1) is 24.2. The number of fused-ring (bicyclic) bond motifs is 1. The van der Waals surface area contributed by atoms with Crippen molar-refractivity contribution in [3.8, 4) is 0 Å². The topological polar surface area (TPSA) is 36.0 Å². The van der Waals surface area contributed by atoms with Crippen molar-refractivity contribution in [3.05, 3.63) is 197 Å². The van der Waals surface area contributed by atoms with E-state index < -0.39 is 5.60 Å². The summed E-state index contributed by atoms with van der Waals surface area (Å²) in [6.07, 6.45) is 0. The molecule has 0 saturated carbocycles. The zero-order chi connectivity index (χ0) is 35.3. The molecule has 0 atom stereocenters. The van der Waals surface area contributed by atoms with Crippen molar-refractivity contribution >= 4 is 23.0 Å². The van der Waals surface area contributed by atoms with Gasteiger partial charge in [0.05, 0.1) is 5.56 Å². The van der Waals surface area contributed by atoms with E-state index >= 15 is 0 Å². The van der Waals surface area contributed by atoms with Crippen LogP contribution in [0.25, 0.3) is 0 Å². The van der Waals surface area contributed by atoms with Crippen LogP contribution >= 0.6 is 0 Å². The summed E-state index contributed by atoms with van der Waals surface area (Å²) < 4.78 is 6.24. The molecule has 0 aromatic heterocycles. The van der Waals surface area contributed by atoms with Crippen molar-refractivity contribution in [2.75, 3.05) is 57.0 Å². The number of carbonyl (C=O) groups excluding carboxylic acids is 1. The van der Waals surface area contributed by atoms with E-state index in [4.69, 9.17) is 4.74 Å². The highest BCUT2D eigenvalue weighted by molar-refractivity contribution is 5.97. The van der Waals surface area contributed by atoms with Crippen molar-refractivity contribution in [2.45, 2.75) is 11.5 Å². The van der Waals surface area contributed by atoms with E-state index in [1.165, 1.54) is 16.7 Å². The van der Waals surface area contributed by atoms with E-state index in [2.05, 4.69) is 149 Å². The van der Waals surface area contributed by atoms with Crippen LogP contribution in [0.2, 0.25) is 0 Å². The Labute approximate surface area is 297 Å². The van der Waals surface area contributed by atoms with Crippen LogP contribution < -0.4 is 14.7 Å². The number of rotatable bonds is 8. The molecule has 1 aliphatic rings. The highest BCUT2D eigenvalue weighted by Crippen LogP contribution is 2.48. The summed E-state index contributed by atoms with van der Waals surface area (Å²) in [5, 5.41) is 0. The fourth-order valence-corrected chi connectivity index (χ4v) is 6.63. The highest BCUT2D eigenvalue weighted by Gasteiger charge is 2.48. The SMILES string of the molecule is CN(C)c1ccc(C2(c3ccc(N(C)C)cc3)OC(=O)c3cc(N(C)C)ccc32)cc1.c1ccc(C(c2ccccc2)c2ccccc2)cc1. The van der Waals surface area contributed by atoms with Gasteiger partial charge in [0.25, 0.3) is 0 Å². The predicted octanol–water partition coefficient (Wildman–Crippen LogP) is 9.21. The second-order valence-corrected chi connectivity index (χ2v) is 13.2. The van der Waals surface area contributed by atoms with Gasteiger partial charge in [0.15, 0.2) is 5.60 Å². The maximum absolute atomic E-state index is 13.1. The summed E-state index contributed by atoms with van der Waals surface area (Å²) in [6, 6.07) is 54.5. The monoisotopic (exact) mass is 659 g/mol. The first-order valence-electron chi connectivity index (χ1n) is 16.9. The zero-order valence-electron chi connectivity index (χ0n) is 29.7. The van der Waals surface area contributed by atoms with Gasteiger partial charge in [-0.05, 0) is 53.1 Å². The summed E-state index contributed by atoms with van der Waals surface area (Å²) in [5.41, 5.74) is 9.52. The maximum Gasteiger partial charge on any atom is 0.340 e. The Morgan fingerprint density at radius 1 is 0.460 bits per heavy atom. The average Bonchev–Trinajstić information content (AvgIpc) is 3.45. The van der Waals surface area contributed by atoms with E-state index in [0.29, 0.717) is 11.5 Å². The molecular formula is C45H45N3O2. The number of nitrogens with zero attached hydrogens (tertiary/aromatic N) is 3. The second-order valence-electron chi connectivity index (χ2n) is 13.2. The summed E-state index contributed by atoms with van der Waals surface area (Å²) >= 11 is 0. The van der Waals surface area contributed by atoms with Gasteiger partial charge >= 0.3 is 5.97 Å². The third-order valence-electron chi connectivity index (χ3n) is 9.34. The third kappa shape index (κ3) is 6.85. The standard InChI is InChI=1S/C26H29N3O2.C19H16/c1-27(2)20-11-7-18(8-12-20)26(19-9-13-21(14-10-19)28(3)4)24-16-15-22(29(5)6)17-23(24)25(30)31-26;1-4-10-16(11-5-1)19(17-12-6-2-7-13-17)18-14-8-3-9-15-18/h7-17H,1-6H3;1-15,19H. The molecule has 0 fully saturated rings. The maximum atomic E-state index is 13.1. The number of benzene rings is 6. The van der Waals surface area contributed by atoms with Crippen LogP contribution in [-0.2, 0) is 10.3 Å². The van der Waals surface area contributed by atoms with Crippen molar-refractivity contribution in [1.82, 2.24) is 0 Å². The van der Waals surface area contributed by atoms with Crippen LogP contribution in [0.1, 0.15) is 49.7 Å². The van der Waals surface area contributed by atoms with Gasteiger partial charge in [-0.1, -0.05) is 121 Å².